The van der Waals surface area contributed by atoms with Crippen LogP contribution in [0.5, 0.6) is 0 Å². The maximum atomic E-state index is 11.3. The first kappa shape index (κ1) is 13.1. The number of carbonyl (C=O) groups is 1. The highest BCUT2D eigenvalue weighted by Gasteiger charge is 2.08. The van der Waals surface area contributed by atoms with Gasteiger partial charge in [0.05, 0.1) is 19.0 Å². The van der Waals surface area contributed by atoms with Crippen molar-refractivity contribution in [3.05, 3.63) is 59.9 Å². The molecule has 4 heteroatoms. The van der Waals surface area contributed by atoms with Crippen LogP contribution in [0.25, 0.3) is 0 Å². The highest BCUT2D eigenvalue weighted by Crippen LogP contribution is 2.18. The normalized spacial score (nSPS) is 11.7. The number of anilines is 1. The summed E-state index contributed by atoms with van der Waals surface area (Å²) in [5, 5.41) is 3.33. The Morgan fingerprint density at radius 2 is 1.95 bits per heavy atom. The lowest BCUT2D eigenvalue weighted by atomic mass is 10.1. The van der Waals surface area contributed by atoms with E-state index in [1.54, 1.807) is 12.3 Å². The predicted molar refractivity (Wildman–Crippen MR) is 74.1 cm³/mol. The predicted octanol–water partition coefficient (Wildman–Crippen LogP) is 3.04. The van der Waals surface area contributed by atoms with Crippen molar-refractivity contribution in [3.8, 4) is 0 Å². The van der Waals surface area contributed by atoms with Crippen LogP contribution in [0.15, 0.2) is 48.7 Å². The Morgan fingerprint density at radius 1 is 1.21 bits per heavy atom. The molecule has 0 unspecified atom stereocenters. The molecule has 0 aliphatic carbocycles. The minimum Gasteiger partial charge on any atom is -0.464 e. The third-order valence-corrected chi connectivity index (χ3v) is 2.84. The fourth-order valence-electron chi connectivity index (χ4n) is 1.78. The van der Waals surface area contributed by atoms with E-state index in [1.165, 1.54) is 12.7 Å². The zero-order valence-corrected chi connectivity index (χ0v) is 11.0. The lowest BCUT2D eigenvalue weighted by Crippen LogP contribution is -2.08. The van der Waals surface area contributed by atoms with E-state index in [-0.39, 0.29) is 6.04 Å². The van der Waals surface area contributed by atoms with Crippen LogP contribution in [0.2, 0.25) is 0 Å². The fourth-order valence-corrected chi connectivity index (χ4v) is 1.78. The van der Waals surface area contributed by atoms with Crippen molar-refractivity contribution < 1.29 is 9.53 Å². The zero-order valence-electron chi connectivity index (χ0n) is 11.0. The van der Waals surface area contributed by atoms with Crippen molar-refractivity contribution in [3.63, 3.8) is 0 Å². The highest BCUT2D eigenvalue weighted by atomic mass is 16.5. The van der Waals surface area contributed by atoms with Gasteiger partial charge in [-0.3, -0.25) is 0 Å². The molecule has 0 saturated carbocycles. The van der Waals surface area contributed by atoms with E-state index in [0.29, 0.717) is 5.69 Å². The number of hydrogen-bond acceptors (Lipinski definition) is 4. The standard InChI is InChI=1S/C15H16N2O2/c1-11(12-6-4-3-5-7-12)17-13-8-9-14(16-10-13)15(18)19-2/h3-11,17H,1-2H3/t11-/m1/s1. The van der Waals surface area contributed by atoms with E-state index in [4.69, 9.17) is 0 Å². The number of nitrogens with zero attached hydrogens (tertiary/aromatic N) is 1. The van der Waals surface area contributed by atoms with Crippen LogP contribution in [-0.2, 0) is 4.74 Å². The summed E-state index contributed by atoms with van der Waals surface area (Å²) in [5.41, 5.74) is 2.36. The van der Waals surface area contributed by atoms with Gasteiger partial charge >= 0.3 is 5.97 Å². The molecule has 0 bridgehead atoms. The van der Waals surface area contributed by atoms with E-state index in [9.17, 15) is 4.79 Å². The molecule has 1 heterocycles. The van der Waals surface area contributed by atoms with Crippen LogP contribution in [-0.4, -0.2) is 18.1 Å². The Hall–Kier alpha value is -2.36. The molecule has 0 aliphatic heterocycles. The van der Waals surface area contributed by atoms with Crippen LogP contribution < -0.4 is 5.32 Å². The van der Waals surface area contributed by atoms with E-state index < -0.39 is 5.97 Å². The van der Waals surface area contributed by atoms with Crippen molar-refractivity contribution in [1.29, 1.82) is 0 Å². The monoisotopic (exact) mass is 256 g/mol. The van der Waals surface area contributed by atoms with Crippen LogP contribution in [0.4, 0.5) is 5.69 Å². The summed E-state index contributed by atoms with van der Waals surface area (Å²) in [6.45, 7) is 2.07. The fraction of sp³-hybridized carbons (Fsp3) is 0.200. The number of carbonyl (C=O) groups excluding carboxylic acids is 1. The van der Waals surface area contributed by atoms with Gasteiger partial charge in [0.1, 0.15) is 5.69 Å². The van der Waals surface area contributed by atoms with Gasteiger partial charge in [0, 0.05) is 6.04 Å². The number of nitrogens with one attached hydrogen (secondary N) is 1. The Bertz CT molecular complexity index is 538. The van der Waals surface area contributed by atoms with Crippen LogP contribution in [0.3, 0.4) is 0 Å². The van der Waals surface area contributed by atoms with E-state index in [1.807, 2.05) is 24.3 Å². The second-order valence-corrected chi connectivity index (χ2v) is 4.20. The smallest absolute Gasteiger partial charge is 0.356 e. The number of rotatable bonds is 4. The van der Waals surface area contributed by atoms with Gasteiger partial charge in [-0.25, -0.2) is 9.78 Å². The number of ether oxygens (including phenoxy) is 1. The average Bonchev–Trinajstić information content (AvgIpc) is 2.48. The Morgan fingerprint density at radius 3 is 2.53 bits per heavy atom. The molecule has 4 nitrogen and oxygen atoms in total. The Balaban J connectivity index is 2.06. The van der Waals surface area contributed by atoms with E-state index in [2.05, 4.69) is 34.1 Å². The molecule has 0 saturated heterocycles. The lowest BCUT2D eigenvalue weighted by Gasteiger charge is -2.15. The van der Waals surface area contributed by atoms with Gasteiger partial charge in [-0.05, 0) is 24.6 Å². The first-order chi connectivity index (χ1) is 9.20. The molecule has 2 rings (SSSR count). The summed E-state index contributed by atoms with van der Waals surface area (Å²) in [6, 6.07) is 13.8. The minimum absolute atomic E-state index is 0.173. The third kappa shape index (κ3) is 3.31. The van der Waals surface area contributed by atoms with Gasteiger partial charge in [-0.15, -0.1) is 0 Å². The molecular weight excluding hydrogens is 240 g/mol. The number of methoxy groups -OCH3 is 1. The number of hydrogen-bond donors (Lipinski definition) is 1. The van der Waals surface area contributed by atoms with Crippen molar-refractivity contribution >= 4 is 11.7 Å². The summed E-state index contributed by atoms with van der Waals surface area (Å²) in [4.78, 5) is 15.3. The summed E-state index contributed by atoms with van der Waals surface area (Å²) < 4.78 is 4.60. The Kier molecular flexibility index (Phi) is 4.13. The molecule has 0 amide bonds. The largest absolute Gasteiger partial charge is 0.464 e. The van der Waals surface area contributed by atoms with Crippen molar-refractivity contribution in [1.82, 2.24) is 4.98 Å². The molecule has 0 spiro atoms. The molecule has 1 aromatic heterocycles. The van der Waals surface area contributed by atoms with Crippen LogP contribution >= 0.6 is 0 Å². The summed E-state index contributed by atoms with van der Waals surface area (Å²) in [6.07, 6.45) is 1.63. The van der Waals surface area contributed by atoms with Gasteiger partial charge in [-0.2, -0.15) is 0 Å². The quantitative estimate of drug-likeness (QED) is 0.854. The number of esters is 1. The molecule has 1 N–H and O–H groups in total. The van der Waals surface area contributed by atoms with Crippen molar-refractivity contribution in [2.75, 3.05) is 12.4 Å². The molecule has 2 aromatic rings. The van der Waals surface area contributed by atoms with Crippen molar-refractivity contribution in [2.24, 2.45) is 0 Å². The van der Waals surface area contributed by atoms with Gasteiger partial charge < -0.3 is 10.1 Å². The van der Waals surface area contributed by atoms with Crippen molar-refractivity contribution in [2.45, 2.75) is 13.0 Å². The molecular formula is C15H16N2O2. The van der Waals surface area contributed by atoms with E-state index in [0.717, 1.165) is 5.69 Å². The molecule has 0 fully saturated rings. The summed E-state index contributed by atoms with van der Waals surface area (Å²) in [7, 11) is 1.34. The molecule has 1 aromatic carbocycles. The number of pyridine rings is 1. The van der Waals surface area contributed by atoms with Gasteiger partial charge in [0.2, 0.25) is 0 Å². The maximum Gasteiger partial charge on any atom is 0.356 e. The van der Waals surface area contributed by atoms with Gasteiger partial charge in [0.25, 0.3) is 0 Å². The SMILES string of the molecule is COC(=O)c1ccc(N[C@H](C)c2ccccc2)cn1. The van der Waals surface area contributed by atoms with Crippen LogP contribution in [0, 0.1) is 0 Å². The zero-order chi connectivity index (χ0) is 13.7. The second-order valence-electron chi connectivity index (χ2n) is 4.20. The van der Waals surface area contributed by atoms with E-state index >= 15 is 0 Å². The van der Waals surface area contributed by atoms with Crippen LogP contribution in [0.1, 0.15) is 29.0 Å². The first-order valence-corrected chi connectivity index (χ1v) is 6.06. The summed E-state index contributed by atoms with van der Waals surface area (Å²) >= 11 is 0. The molecule has 0 radical (unpaired) electrons. The molecule has 0 aliphatic rings. The first-order valence-electron chi connectivity index (χ1n) is 6.06. The van der Waals surface area contributed by atoms with Gasteiger partial charge in [0.15, 0.2) is 0 Å². The topological polar surface area (TPSA) is 51.2 Å². The molecule has 19 heavy (non-hydrogen) atoms. The third-order valence-electron chi connectivity index (χ3n) is 2.84. The van der Waals surface area contributed by atoms with Gasteiger partial charge in [-0.1, -0.05) is 30.3 Å². The highest BCUT2D eigenvalue weighted by molar-refractivity contribution is 5.87. The minimum atomic E-state index is -0.428. The lowest BCUT2D eigenvalue weighted by molar-refractivity contribution is 0.0594. The molecule has 98 valence electrons. The number of aromatic nitrogens is 1. The number of benzene rings is 1. The average molecular weight is 256 g/mol. The second kappa shape index (κ2) is 6.00. The summed E-state index contributed by atoms with van der Waals surface area (Å²) in [5.74, 6) is -0.428. The Labute approximate surface area is 112 Å². The molecule has 1 atom stereocenters. The maximum absolute atomic E-state index is 11.3.